The minimum absolute atomic E-state index is 0. The number of rotatable bonds is 8. The normalized spacial score (nSPS) is 7.84. The Morgan fingerprint density at radius 2 is 0.600 bits per heavy atom. The third kappa shape index (κ3) is 85.5. The van der Waals surface area contributed by atoms with Crippen LogP contribution in [0.25, 0.3) is 0 Å². The van der Waals surface area contributed by atoms with Crippen molar-refractivity contribution < 1.29 is 60.7 Å². The van der Waals surface area contributed by atoms with Gasteiger partial charge in [-0.05, 0) is 25.7 Å². The molecule has 8 nitrogen and oxygen atoms in total. The summed E-state index contributed by atoms with van der Waals surface area (Å²) in [6.45, 7) is 7.21. The molecule has 0 aliphatic rings. The van der Waals surface area contributed by atoms with Crippen LogP contribution in [0.2, 0.25) is 0 Å². The van der Waals surface area contributed by atoms with Gasteiger partial charge in [0, 0.05) is 23.9 Å². The molecule has 0 aromatic rings. The van der Waals surface area contributed by atoms with Crippen LogP contribution in [0, 0.1) is 0 Å². The zero-order valence-corrected chi connectivity index (χ0v) is 17.5. The number of carboxylic acid groups (broad SMARTS) is 4. The van der Waals surface area contributed by atoms with Crippen molar-refractivity contribution in [3.63, 3.8) is 0 Å². The predicted molar refractivity (Wildman–Crippen MR) is 79.7 cm³/mol. The van der Waals surface area contributed by atoms with Crippen molar-refractivity contribution in [2.75, 3.05) is 0 Å². The van der Waals surface area contributed by atoms with E-state index in [-0.39, 0.29) is 46.7 Å². The van der Waals surface area contributed by atoms with Gasteiger partial charge in [0.25, 0.3) is 0 Å². The Bertz CT molecular complexity index is 268. The number of hydrogen-bond acceptors (Lipinski definition) is 8. The second-order valence-corrected chi connectivity index (χ2v) is 4.49. The zero-order valence-electron chi connectivity index (χ0n) is 15.2. The van der Waals surface area contributed by atoms with Gasteiger partial charge in [0.2, 0.25) is 0 Å². The molecule has 0 saturated carbocycles. The van der Waals surface area contributed by atoms with Gasteiger partial charge in [0.05, 0.1) is 0 Å². The van der Waals surface area contributed by atoms with E-state index in [1.807, 2.05) is 0 Å². The van der Waals surface area contributed by atoms with Gasteiger partial charge in [0.1, 0.15) is 0 Å². The first kappa shape index (κ1) is 34.8. The van der Waals surface area contributed by atoms with E-state index in [0.29, 0.717) is 25.7 Å². The topological polar surface area (TPSA) is 161 Å². The van der Waals surface area contributed by atoms with E-state index in [0.717, 1.165) is 0 Å². The van der Waals surface area contributed by atoms with E-state index < -0.39 is 23.9 Å². The van der Waals surface area contributed by atoms with Crippen molar-refractivity contribution in [2.45, 2.75) is 79.1 Å². The first-order valence-corrected chi connectivity index (χ1v) is 7.88. The van der Waals surface area contributed by atoms with Crippen LogP contribution in [0.1, 0.15) is 79.1 Å². The van der Waals surface area contributed by atoms with E-state index in [4.69, 9.17) is 0 Å². The smallest absolute Gasteiger partial charge is 0.550 e. The first-order valence-electron chi connectivity index (χ1n) is 7.88. The molecule has 0 fully saturated rings. The second kappa shape index (κ2) is 30.4. The van der Waals surface area contributed by atoms with Gasteiger partial charge in [-0.15, -0.1) is 0 Å². The summed E-state index contributed by atoms with van der Waals surface area (Å²) in [6, 6.07) is 0. The van der Waals surface area contributed by atoms with Crippen LogP contribution in [0.15, 0.2) is 0 Å². The molecule has 0 aliphatic heterocycles. The van der Waals surface area contributed by atoms with Crippen LogP contribution >= 0.6 is 0 Å². The van der Waals surface area contributed by atoms with Crippen LogP contribution in [-0.2, 0) is 40.2 Å². The van der Waals surface area contributed by atoms with Crippen molar-refractivity contribution in [1.82, 2.24) is 0 Å². The Balaban J connectivity index is -0.0000000702. The fourth-order valence-corrected chi connectivity index (χ4v) is 0.816. The molecule has 150 valence electrons. The molecule has 0 aliphatic carbocycles. The van der Waals surface area contributed by atoms with E-state index >= 15 is 0 Å². The van der Waals surface area contributed by atoms with E-state index in [9.17, 15) is 39.6 Å². The van der Waals surface area contributed by atoms with Crippen molar-refractivity contribution in [1.29, 1.82) is 0 Å². The van der Waals surface area contributed by atoms with Gasteiger partial charge in [-0.2, -0.15) is 0 Å². The van der Waals surface area contributed by atoms with Crippen molar-refractivity contribution in [3.8, 4) is 0 Å². The summed E-state index contributed by atoms with van der Waals surface area (Å²) in [5.74, 6) is -3.84. The summed E-state index contributed by atoms with van der Waals surface area (Å²) < 4.78 is 0. The SMILES string of the molecule is CCCC(=O)[O-].CCCC(=O)[O-].CCCC(=O)[O-].CCCC(=O)[O-].[Pt+4]. The molecule has 9 heteroatoms. The summed E-state index contributed by atoms with van der Waals surface area (Å²) in [5, 5.41) is 38.0. The molecular formula is C16H28O8Pt. The molecule has 0 atom stereocenters. The average molecular weight is 543 g/mol. The Morgan fingerprint density at radius 1 is 0.480 bits per heavy atom. The third-order valence-electron chi connectivity index (χ3n) is 1.82. The van der Waals surface area contributed by atoms with Crippen LogP contribution < -0.4 is 20.4 Å². The number of hydrogen-bond donors (Lipinski definition) is 0. The number of carboxylic acids is 4. The molecular weight excluding hydrogens is 515 g/mol. The van der Waals surface area contributed by atoms with Gasteiger partial charge >= 0.3 is 21.1 Å². The maximum Gasteiger partial charge on any atom is 4.00 e. The molecule has 0 bridgehead atoms. The molecule has 0 amide bonds. The summed E-state index contributed by atoms with van der Waals surface area (Å²) >= 11 is 0. The standard InChI is InChI=1S/4C4H8O2.Pt/c4*1-2-3-4(5)6;/h4*2-3H2,1H3,(H,5,6);/q;;;;+4/p-4. The van der Waals surface area contributed by atoms with Crippen LogP contribution in [0.4, 0.5) is 0 Å². The van der Waals surface area contributed by atoms with E-state index in [1.54, 1.807) is 27.7 Å². The summed E-state index contributed by atoms with van der Waals surface area (Å²) in [5.41, 5.74) is 0. The second-order valence-electron chi connectivity index (χ2n) is 4.49. The zero-order chi connectivity index (χ0) is 20.0. The fourth-order valence-electron chi connectivity index (χ4n) is 0.816. The molecule has 25 heavy (non-hydrogen) atoms. The number of aliphatic carboxylic acids is 4. The van der Waals surface area contributed by atoms with Gasteiger partial charge in [0.15, 0.2) is 0 Å². The number of carbonyl (C=O) groups excluding carboxylic acids is 4. The number of carbonyl (C=O) groups is 4. The Hall–Kier alpha value is -1.43. The molecule has 0 unspecified atom stereocenters. The van der Waals surface area contributed by atoms with Crippen molar-refractivity contribution in [3.05, 3.63) is 0 Å². The van der Waals surface area contributed by atoms with Gasteiger partial charge in [-0.1, -0.05) is 53.4 Å². The average Bonchev–Trinajstić information content (AvgIpc) is 2.39. The first-order chi connectivity index (χ1) is 11.1. The van der Waals surface area contributed by atoms with Crippen molar-refractivity contribution in [2.24, 2.45) is 0 Å². The predicted octanol–water partition coefficient (Wildman–Crippen LogP) is -1.86. The molecule has 0 heterocycles. The Labute approximate surface area is 163 Å². The van der Waals surface area contributed by atoms with Crippen molar-refractivity contribution >= 4 is 23.9 Å². The van der Waals surface area contributed by atoms with E-state index in [1.165, 1.54) is 0 Å². The van der Waals surface area contributed by atoms with Gasteiger partial charge < -0.3 is 39.6 Å². The van der Waals surface area contributed by atoms with Gasteiger partial charge in [-0.3, -0.25) is 0 Å². The molecule has 0 radical (unpaired) electrons. The summed E-state index contributed by atoms with van der Waals surface area (Å²) in [7, 11) is 0. The molecule has 0 rings (SSSR count). The minimum atomic E-state index is -0.961. The molecule has 0 aromatic carbocycles. The Morgan fingerprint density at radius 3 is 0.600 bits per heavy atom. The maximum atomic E-state index is 9.49. The summed E-state index contributed by atoms with van der Waals surface area (Å²) in [4.78, 5) is 38.0. The minimum Gasteiger partial charge on any atom is -0.550 e. The van der Waals surface area contributed by atoms with Gasteiger partial charge in [-0.25, -0.2) is 0 Å². The monoisotopic (exact) mass is 543 g/mol. The Kier molecular flexibility index (Phi) is 42.4. The maximum absolute atomic E-state index is 9.49. The quantitative estimate of drug-likeness (QED) is 0.345. The molecule has 0 saturated heterocycles. The van der Waals surface area contributed by atoms with Crippen LogP contribution in [-0.4, -0.2) is 23.9 Å². The molecule has 0 spiro atoms. The fraction of sp³-hybridized carbons (Fsp3) is 0.750. The van der Waals surface area contributed by atoms with Crippen LogP contribution in [0.3, 0.4) is 0 Å². The molecule has 0 N–H and O–H groups in total. The third-order valence-corrected chi connectivity index (χ3v) is 1.82. The van der Waals surface area contributed by atoms with Crippen LogP contribution in [0.5, 0.6) is 0 Å². The molecule has 0 aromatic heterocycles. The largest absolute Gasteiger partial charge is 4.00 e. The van der Waals surface area contributed by atoms with E-state index in [2.05, 4.69) is 0 Å². The summed E-state index contributed by atoms with van der Waals surface area (Å²) in [6.07, 6.45) is 3.40.